The zero-order valence-electron chi connectivity index (χ0n) is 13.0. The van der Waals surface area contributed by atoms with Crippen LogP contribution in [-0.2, 0) is 4.79 Å². The average molecular weight is 311 g/mol. The molecule has 0 saturated carbocycles. The second kappa shape index (κ2) is 10.7. The van der Waals surface area contributed by atoms with Crippen LogP contribution in [0, 0.1) is 0 Å². The first-order valence-electron chi connectivity index (χ1n) is 8.14. The van der Waals surface area contributed by atoms with E-state index in [0.717, 1.165) is 18.4 Å². The van der Waals surface area contributed by atoms with E-state index < -0.39 is 11.9 Å². The summed E-state index contributed by atoms with van der Waals surface area (Å²) in [6, 6.07) is 7.28. The van der Waals surface area contributed by atoms with Gasteiger partial charge >= 0.3 is 5.97 Å². The molecule has 1 aromatic rings. The summed E-state index contributed by atoms with van der Waals surface area (Å²) in [4.78, 5) is 11.4. The molecule has 0 fully saturated rings. The van der Waals surface area contributed by atoms with Gasteiger partial charge in [0.05, 0.1) is 5.92 Å². The van der Waals surface area contributed by atoms with Crippen molar-refractivity contribution in [3.05, 3.63) is 34.9 Å². The molecule has 0 aliphatic rings. The lowest BCUT2D eigenvalue weighted by atomic mass is 9.93. The highest BCUT2D eigenvalue weighted by Crippen LogP contribution is 2.29. The Labute approximate surface area is 133 Å². The van der Waals surface area contributed by atoms with Crippen LogP contribution in [0.15, 0.2) is 24.3 Å². The highest BCUT2D eigenvalue weighted by molar-refractivity contribution is 6.31. The molecule has 0 bridgehead atoms. The SMILES string of the molecule is CCCCCCCCCCC(C(=O)O)c1ccccc1Cl. The van der Waals surface area contributed by atoms with E-state index in [9.17, 15) is 9.90 Å². The third-order valence-corrected chi connectivity index (χ3v) is 4.27. The Morgan fingerprint density at radius 1 is 1.05 bits per heavy atom. The van der Waals surface area contributed by atoms with Gasteiger partial charge in [-0.25, -0.2) is 0 Å². The number of carbonyl (C=O) groups is 1. The third-order valence-electron chi connectivity index (χ3n) is 3.93. The summed E-state index contributed by atoms with van der Waals surface area (Å²) in [5.41, 5.74) is 0.745. The van der Waals surface area contributed by atoms with E-state index in [-0.39, 0.29) is 0 Å². The summed E-state index contributed by atoms with van der Waals surface area (Å²) in [5, 5.41) is 9.95. The molecule has 1 N–H and O–H groups in total. The summed E-state index contributed by atoms with van der Waals surface area (Å²) in [6.07, 6.45) is 10.5. The molecule has 3 heteroatoms. The highest BCUT2D eigenvalue weighted by Gasteiger charge is 2.21. The van der Waals surface area contributed by atoms with Crippen LogP contribution in [0.4, 0.5) is 0 Å². The van der Waals surface area contributed by atoms with Crippen molar-refractivity contribution in [1.29, 1.82) is 0 Å². The van der Waals surface area contributed by atoms with Gasteiger partial charge < -0.3 is 5.11 Å². The molecule has 0 aliphatic heterocycles. The Bertz CT molecular complexity index is 417. The minimum absolute atomic E-state index is 0.473. The monoisotopic (exact) mass is 310 g/mol. The maximum atomic E-state index is 11.4. The molecule has 0 amide bonds. The lowest BCUT2D eigenvalue weighted by Crippen LogP contribution is -2.12. The van der Waals surface area contributed by atoms with Crippen molar-refractivity contribution in [2.24, 2.45) is 0 Å². The number of rotatable bonds is 11. The Kier molecular flexibility index (Phi) is 9.16. The van der Waals surface area contributed by atoms with Crippen molar-refractivity contribution >= 4 is 17.6 Å². The predicted octanol–water partition coefficient (Wildman–Crippen LogP) is 6.04. The summed E-state index contributed by atoms with van der Waals surface area (Å²) in [6.45, 7) is 2.22. The smallest absolute Gasteiger partial charge is 0.311 e. The average Bonchev–Trinajstić information content (AvgIpc) is 2.46. The van der Waals surface area contributed by atoms with Crippen LogP contribution < -0.4 is 0 Å². The van der Waals surface area contributed by atoms with Crippen molar-refractivity contribution < 1.29 is 9.90 Å². The molecular formula is C18H27ClO2. The lowest BCUT2D eigenvalue weighted by Gasteiger charge is -2.14. The van der Waals surface area contributed by atoms with Crippen LogP contribution in [-0.4, -0.2) is 11.1 Å². The topological polar surface area (TPSA) is 37.3 Å². The predicted molar refractivity (Wildman–Crippen MR) is 89.1 cm³/mol. The molecular weight excluding hydrogens is 284 g/mol. The second-order valence-corrected chi connectivity index (χ2v) is 6.08. The van der Waals surface area contributed by atoms with Gasteiger partial charge in [0.15, 0.2) is 0 Å². The molecule has 1 unspecified atom stereocenters. The maximum Gasteiger partial charge on any atom is 0.311 e. The Morgan fingerprint density at radius 2 is 1.62 bits per heavy atom. The number of aliphatic carboxylic acids is 1. The molecule has 118 valence electrons. The first kappa shape index (κ1) is 18.0. The van der Waals surface area contributed by atoms with Crippen LogP contribution >= 0.6 is 11.6 Å². The Morgan fingerprint density at radius 3 is 2.19 bits per heavy atom. The third kappa shape index (κ3) is 6.99. The second-order valence-electron chi connectivity index (χ2n) is 5.68. The van der Waals surface area contributed by atoms with Gasteiger partial charge in [0, 0.05) is 5.02 Å². The Hall–Kier alpha value is -1.02. The van der Waals surface area contributed by atoms with Gasteiger partial charge in [-0.05, 0) is 18.1 Å². The van der Waals surface area contributed by atoms with Gasteiger partial charge in [-0.15, -0.1) is 0 Å². The number of benzene rings is 1. The van der Waals surface area contributed by atoms with Crippen molar-refractivity contribution in [1.82, 2.24) is 0 Å². The fourth-order valence-electron chi connectivity index (χ4n) is 2.65. The first-order valence-corrected chi connectivity index (χ1v) is 8.51. The number of halogens is 1. The standard InChI is InChI=1S/C18H27ClO2/c1-2-3-4-5-6-7-8-9-13-16(18(20)21)15-12-10-11-14-17(15)19/h10-12,14,16H,2-9,13H2,1H3,(H,20,21). The molecule has 0 saturated heterocycles. The molecule has 0 aromatic heterocycles. The van der Waals surface area contributed by atoms with Crippen molar-refractivity contribution in [3.8, 4) is 0 Å². The molecule has 0 spiro atoms. The fourth-order valence-corrected chi connectivity index (χ4v) is 2.92. The lowest BCUT2D eigenvalue weighted by molar-refractivity contribution is -0.139. The minimum atomic E-state index is -0.772. The van der Waals surface area contributed by atoms with E-state index in [0.29, 0.717) is 11.4 Å². The highest BCUT2D eigenvalue weighted by atomic mass is 35.5. The van der Waals surface area contributed by atoms with Crippen LogP contribution in [0.2, 0.25) is 5.02 Å². The van der Waals surface area contributed by atoms with Gasteiger partial charge in [0.2, 0.25) is 0 Å². The molecule has 2 nitrogen and oxygen atoms in total. The number of carboxylic acids is 1. The molecule has 0 heterocycles. The van der Waals surface area contributed by atoms with Gasteiger partial charge in [-0.1, -0.05) is 88.1 Å². The number of unbranched alkanes of at least 4 members (excludes halogenated alkanes) is 7. The van der Waals surface area contributed by atoms with Crippen LogP contribution in [0.5, 0.6) is 0 Å². The van der Waals surface area contributed by atoms with Crippen molar-refractivity contribution in [2.45, 2.75) is 70.6 Å². The maximum absolute atomic E-state index is 11.4. The quantitative estimate of drug-likeness (QED) is 0.506. The van der Waals surface area contributed by atoms with Gasteiger partial charge in [0.25, 0.3) is 0 Å². The molecule has 21 heavy (non-hydrogen) atoms. The van der Waals surface area contributed by atoms with Crippen molar-refractivity contribution in [2.75, 3.05) is 0 Å². The zero-order chi connectivity index (χ0) is 15.5. The summed E-state index contributed by atoms with van der Waals surface area (Å²) in [5.74, 6) is -1.25. The number of carboxylic acid groups (broad SMARTS) is 1. The molecule has 0 radical (unpaired) electrons. The Balaban J connectivity index is 2.30. The molecule has 0 aliphatic carbocycles. The van der Waals surface area contributed by atoms with E-state index >= 15 is 0 Å². The molecule has 1 rings (SSSR count). The van der Waals surface area contributed by atoms with Crippen molar-refractivity contribution in [3.63, 3.8) is 0 Å². The summed E-state index contributed by atoms with van der Waals surface area (Å²) in [7, 11) is 0. The summed E-state index contributed by atoms with van der Waals surface area (Å²) >= 11 is 6.11. The minimum Gasteiger partial charge on any atom is -0.481 e. The van der Waals surface area contributed by atoms with Crippen LogP contribution in [0.1, 0.15) is 76.2 Å². The normalized spacial score (nSPS) is 12.3. The molecule has 1 aromatic carbocycles. The van der Waals surface area contributed by atoms with E-state index in [1.807, 2.05) is 18.2 Å². The first-order chi connectivity index (χ1) is 10.2. The van der Waals surface area contributed by atoms with E-state index in [1.54, 1.807) is 6.07 Å². The van der Waals surface area contributed by atoms with Crippen LogP contribution in [0.3, 0.4) is 0 Å². The fraction of sp³-hybridized carbons (Fsp3) is 0.611. The summed E-state index contributed by atoms with van der Waals surface area (Å²) < 4.78 is 0. The van der Waals surface area contributed by atoms with E-state index in [2.05, 4.69) is 6.92 Å². The van der Waals surface area contributed by atoms with E-state index in [1.165, 1.54) is 38.5 Å². The molecule has 1 atom stereocenters. The van der Waals surface area contributed by atoms with Gasteiger partial charge in [-0.2, -0.15) is 0 Å². The number of hydrogen-bond donors (Lipinski definition) is 1. The van der Waals surface area contributed by atoms with E-state index in [4.69, 9.17) is 11.6 Å². The van der Waals surface area contributed by atoms with Gasteiger partial charge in [-0.3, -0.25) is 4.79 Å². The van der Waals surface area contributed by atoms with Gasteiger partial charge in [0.1, 0.15) is 0 Å². The zero-order valence-corrected chi connectivity index (χ0v) is 13.7. The number of hydrogen-bond acceptors (Lipinski definition) is 1. The van der Waals surface area contributed by atoms with Crippen LogP contribution in [0.25, 0.3) is 0 Å². The largest absolute Gasteiger partial charge is 0.481 e.